The highest BCUT2D eigenvalue weighted by Crippen LogP contribution is 2.37. The van der Waals surface area contributed by atoms with Crippen molar-refractivity contribution in [3.63, 3.8) is 0 Å². The molecule has 0 aromatic heterocycles. The molecule has 8 heteroatoms. The van der Waals surface area contributed by atoms with Gasteiger partial charge in [-0.1, -0.05) is 15.9 Å². The van der Waals surface area contributed by atoms with Gasteiger partial charge in [0.2, 0.25) is 0 Å². The van der Waals surface area contributed by atoms with Crippen LogP contribution in [0.1, 0.15) is 38.8 Å². The Kier molecular flexibility index (Phi) is 7.42. The monoisotopic (exact) mass is 455 g/mol. The average Bonchev–Trinajstić information content (AvgIpc) is 2.64. The lowest BCUT2D eigenvalue weighted by molar-refractivity contribution is -0.0679. The number of nitrogens with zero attached hydrogens (tertiary/aromatic N) is 1. The summed E-state index contributed by atoms with van der Waals surface area (Å²) in [5.74, 6) is 1.44. The Morgan fingerprint density at radius 3 is 2.54 bits per heavy atom. The van der Waals surface area contributed by atoms with Gasteiger partial charge in [0, 0.05) is 30.7 Å². The van der Waals surface area contributed by atoms with Gasteiger partial charge in [0.05, 0.1) is 18.2 Å². The molecule has 2 aliphatic heterocycles. The van der Waals surface area contributed by atoms with Crippen molar-refractivity contribution in [3.8, 4) is 11.5 Å². The highest BCUT2D eigenvalue weighted by Gasteiger charge is 2.22. The fourth-order valence-electron chi connectivity index (χ4n) is 3.71. The van der Waals surface area contributed by atoms with Crippen molar-refractivity contribution in [3.05, 3.63) is 22.2 Å². The molecule has 2 amide bonds. The molecule has 1 saturated heterocycles. The van der Waals surface area contributed by atoms with E-state index in [1.807, 2.05) is 19.1 Å². The molecule has 3 rings (SSSR count). The number of hydrogen-bond donors (Lipinski definition) is 2. The smallest absolute Gasteiger partial charge is 0.315 e. The van der Waals surface area contributed by atoms with Crippen LogP contribution in [0.15, 0.2) is 16.6 Å². The third kappa shape index (κ3) is 5.75. The van der Waals surface area contributed by atoms with Crippen LogP contribution in [0.3, 0.4) is 0 Å². The van der Waals surface area contributed by atoms with Gasteiger partial charge in [-0.15, -0.1) is 0 Å². The Hall–Kier alpha value is -1.51. The molecule has 2 aliphatic rings. The Bertz CT molecular complexity index is 678. The van der Waals surface area contributed by atoms with Gasteiger partial charge in [-0.25, -0.2) is 4.79 Å². The topological polar surface area (TPSA) is 72.1 Å². The molecular weight excluding hydrogens is 426 g/mol. The average molecular weight is 456 g/mol. The number of hydrogen-bond acceptors (Lipinski definition) is 5. The fraction of sp³-hybridized carbons (Fsp3) is 0.650. The van der Waals surface area contributed by atoms with E-state index >= 15 is 0 Å². The largest absolute Gasteiger partial charge is 0.486 e. The van der Waals surface area contributed by atoms with Crippen LogP contribution in [-0.2, 0) is 4.74 Å². The van der Waals surface area contributed by atoms with Gasteiger partial charge in [-0.2, -0.15) is 0 Å². The first kappa shape index (κ1) is 21.2. The van der Waals surface area contributed by atoms with Crippen molar-refractivity contribution in [1.82, 2.24) is 15.5 Å². The molecule has 3 atom stereocenters. The molecule has 0 unspecified atom stereocenters. The van der Waals surface area contributed by atoms with E-state index in [1.165, 1.54) is 0 Å². The number of fused-ring (bicyclic) bond motifs is 1. The standard InChI is InChI=1S/C20H30BrN3O4/c1-13-11-24(12-14(2)28-13)6-4-5-22-20(25)23-15(3)16-9-18-19(10-17(16)21)27-8-7-26-18/h9-10,13-15H,4-8,11-12H2,1-3H3,(H2,22,23,25)/t13-,14-,15-/m1/s1. The van der Waals surface area contributed by atoms with E-state index in [-0.39, 0.29) is 24.3 Å². The van der Waals surface area contributed by atoms with Crippen LogP contribution in [0.4, 0.5) is 4.79 Å². The van der Waals surface area contributed by atoms with Crippen molar-refractivity contribution < 1.29 is 19.0 Å². The number of benzene rings is 1. The van der Waals surface area contributed by atoms with Crippen molar-refractivity contribution >= 4 is 22.0 Å². The summed E-state index contributed by atoms with van der Waals surface area (Å²) >= 11 is 3.56. The van der Waals surface area contributed by atoms with E-state index in [9.17, 15) is 4.79 Å². The van der Waals surface area contributed by atoms with Crippen LogP contribution in [0.2, 0.25) is 0 Å². The van der Waals surface area contributed by atoms with Crippen molar-refractivity contribution in [2.45, 2.75) is 45.4 Å². The van der Waals surface area contributed by atoms with E-state index in [2.05, 4.69) is 45.3 Å². The van der Waals surface area contributed by atoms with Gasteiger partial charge in [0.1, 0.15) is 13.2 Å². The van der Waals surface area contributed by atoms with Crippen molar-refractivity contribution in [2.75, 3.05) is 39.4 Å². The van der Waals surface area contributed by atoms with Gasteiger partial charge in [0.25, 0.3) is 0 Å². The van der Waals surface area contributed by atoms with Crippen LogP contribution in [-0.4, -0.2) is 62.5 Å². The lowest BCUT2D eigenvalue weighted by atomic mass is 10.1. The second-order valence-corrected chi connectivity index (χ2v) is 8.36. The predicted molar refractivity (Wildman–Crippen MR) is 111 cm³/mol. The summed E-state index contributed by atoms with van der Waals surface area (Å²) in [7, 11) is 0. The number of amides is 2. The number of halogens is 1. The molecule has 0 bridgehead atoms. The molecule has 2 N–H and O–H groups in total. The van der Waals surface area contributed by atoms with Gasteiger partial charge in [0.15, 0.2) is 11.5 Å². The fourth-order valence-corrected chi connectivity index (χ4v) is 4.37. The number of ether oxygens (including phenoxy) is 3. The summed E-state index contributed by atoms with van der Waals surface area (Å²) in [6, 6.07) is 3.48. The van der Waals surface area contributed by atoms with Crippen molar-refractivity contribution in [2.24, 2.45) is 0 Å². The van der Waals surface area contributed by atoms with Crippen LogP contribution in [0, 0.1) is 0 Å². The first-order valence-corrected chi connectivity index (χ1v) is 10.7. The quantitative estimate of drug-likeness (QED) is 0.644. The molecule has 0 radical (unpaired) electrons. The number of morpholine rings is 1. The van der Waals surface area contributed by atoms with E-state index in [0.717, 1.165) is 41.8 Å². The zero-order valence-corrected chi connectivity index (χ0v) is 18.4. The van der Waals surface area contributed by atoms with E-state index in [4.69, 9.17) is 14.2 Å². The molecule has 156 valence electrons. The number of urea groups is 1. The summed E-state index contributed by atoms with van der Waals surface area (Å²) in [5, 5.41) is 5.93. The van der Waals surface area contributed by atoms with Crippen molar-refractivity contribution in [1.29, 1.82) is 0 Å². The number of carbonyl (C=O) groups is 1. The van der Waals surface area contributed by atoms with E-state index < -0.39 is 0 Å². The minimum absolute atomic E-state index is 0.161. The first-order valence-electron chi connectivity index (χ1n) is 9.93. The normalized spacial score (nSPS) is 23.1. The second kappa shape index (κ2) is 9.80. The Morgan fingerprint density at radius 1 is 1.21 bits per heavy atom. The molecule has 0 aliphatic carbocycles. The highest BCUT2D eigenvalue weighted by atomic mass is 79.9. The van der Waals surface area contributed by atoms with Crippen LogP contribution < -0.4 is 20.1 Å². The molecule has 2 heterocycles. The van der Waals surface area contributed by atoms with Crippen LogP contribution in [0.25, 0.3) is 0 Å². The Labute approximate surface area is 175 Å². The summed E-state index contributed by atoms with van der Waals surface area (Å²) in [6.45, 7) is 10.7. The number of nitrogens with one attached hydrogen (secondary N) is 2. The van der Waals surface area contributed by atoms with E-state index in [0.29, 0.717) is 25.5 Å². The summed E-state index contributed by atoms with van der Waals surface area (Å²) in [5.41, 5.74) is 0.954. The summed E-state index contributed by atoms with van der Waals surface area (Å²) < 4.78 is 17.9. The van der Waals surface area contributed by atoms with Gasteiger partial charge in [-0.3, -0.25) is 4.90 Å². The molecule has 7 nitrogen and oxygen atoms in total. The zero-order chi connectivity index (χ0) is 20.1. The molecule has 1 aromatic rings. The molecule has 28 heavy (non-hydrogen) atoms. The number of rotatable bonds is 6. The van der Waals surface area contributed by atoms with E-state index in [1.54, 1.807) is 0 Å². The molecule has 0 saturated carbocycles. The zero-order valence-electron chi connectivity index (χ0n) is 16.8. The predicted octanol–water partition coefficient (Wildman–Crippen LogP) is 3.08. The Balaban J connectivity index is 1.42. The molecule has 0 spiro atoms. The highest BCUT2D eigenvalue weighted by molar-refractivity contribution is 9.10. The first-order chi connectivity index (χ1) is 13.4. The summed E-state index contributed by atoms with van der Waals surface area (Å²) in [6.07, 6.45) is 1.45. The molecular formula is C20H30BrN3O4. The minimum Gasteiger partial charge on any atom is -0.486 e. The lowest BCUT2D eigenvalue weighted by Crippen LogP contribution is -2.46. The minimum atomic E-state index is -0.169. The van der Waals surface area contributed by atoms with Gasteiger partial charge >= 0.3 is 6.03 Å². The summed E-state index contributed by atoms with van der Waals surface area (Å²) in [4.78, 5) is 14.7. The lowest BCUT2D eigenvalue weighted by Gasteiger charge is -2.35. The maximum atomic E-state index is 12.3. The number of carbonyl (C=O) groups excluding carboxylic acids is 1. The SMILES string of the molecule is C[C@@H]1CN(CCCNC(=O)N[C@H](C)c2cc3c(cc2Br)OCCO3)C[C@@H](C)O1. The maximum Gasteiger partial charge on any atom is 0.315 e. The maximum absolute atomic E-state index is 12.3. The van der Waals surface area contributed by atoms with Gasteiger partial charge < -0.3 is 24.8 Å². The Morgan fingerprint density at radius 2 is 1.86 bits per heavy atom. The third-order valence-corrected chi connectivity index (χ3v) is 5.59. The van der Waals surface area contributed by atoms with Gasteiger partial charge in [-0.05, 0) is 44.9 Å². The third-order valence-electron chi connectivity index (χ3n) is 4.91. The van der Waals surface area contributed by atoms with Crippen LogP contribution in [0.5, 0.6) is 11.5 Å². The second-order valence-electron chi connectivity index (χ2n) is 7.51. The van der Waals surface area contributed by atoms with Crippen LogP contribution >= 0.6 is 15.9 Å². The molecule has 1 aromatic carbocycles. The molecule has 1 fully saturated rings.